The Morgan fingerprint density at radius 2 is 1.91 bits per heavy atom. The summed E-state index contributed by atoms with van der Waals surface area (Å²) in [6.07, 6.45) is -0.243. The first-order valence-electron chi connectivity index (χ1n) is 8.07. The van der Waals surface area contributed by atoms with Gasteiger partial charge in [-0.05, 0) is 39.2 Å². The second-order valence-electron chi connectivity index (χ2n) is 6.58. The molecule has 1 aromatic carbocycles. The second kappa shape index (κ2) is 8.79. The first-order chi connectivity index (χ1) is 10.3. The highest BCUT2D eigenvalue weighted by molar-refractivity contribution is 5.68. The first kappa shape index (κ1) is 18.5. The fourth-order valence-electron chi connectivity index (χ4n) is 2.14. The highest BCUT2D eigenvalue weighted by atomic mass is 16.6. The van der Waals surface area contributed by atoms with E-state index in [1.54, 1.807) is 4.90 Å². The van der Waals surface area contributed by atoms with Crippen molar-refractivity contribution in [3.05, 3.63) is 35.9 Å². The summed E-state index contributed by atoms with van der Waals surface area (Å²) >= 11 is 0. The first-order valence-corrected chi connectivity index (χ1v) is 8.07. The van der Waals surface area contributed by atoms with Gasteiger partial charge in [-0.3, -0.25) is 0 Å². The minimum absolute atomic E-state index is 0.243. The predicted octanol–water partition coefficient (Wildman–Crippen LogP) is 3.64. The van der Waals surface area contributed by atoms with Crippen LogP contribution in [0.15, 0.2) is 30.3 Å². The lowest BCUT2D eigenvalue weighted by Gasteiger charge is -2.26. The molecule has 0 saturated carbocycles. The van der Waals surface area contributed by atoms with Crippen molar-refractivity contribution in [2.75, 3.05) is 26.2 Å². The van der Waals surface area contributed by atoms with Crippen LogP contribution in [-0.2, 0) is 4.74 Å². The van der Waals surface area contributed by atoms with E-state index < -0.39 is 5.60 Å². The SMILES string of the molecule is CCN(CCNCC(C)c1ccccc1)C(=O)OC(C)(C)C. The average molecular weight is 306 g/mol. The largest absolute Gasteiger partial charge is 0.444 e. The van der Waals surface area contributed by atoms with Crippen LogP contribution in [0.3, 0.4) is 0 Å². The number of hydrogen-bond acceptors (Lipinski definition) is 3. The summed E-state index contributed by atoms with van der Waals surface area (Å²) in [5, 5.41) is 3.42. The molecule has 0 saturated heterocycles. The molecule has 0 radical (unpaired) electrons. The zero-order valence-corrected chi connectivity index (χ0v) is 14.6. The van der Waals surface area contributed by atoms with Crippen LogP contribution in [0.4, 0.5) is 4.79 Å². The molecule has 0 aliphatic rings. The second-order valence-corrected chi connectivity index (χ2v) is 6.58. The van der Waals surface area contributed by atoms with Crippen molar-refractivity contribution >= 4 is 6.09 Å². The van der Waals surface area contributed by atoms with Crippen LogP contribution in [0.25, 0.3) is 0 Å². The molecule has 0 heterocycles. The minimum atomic E-state index is -0.445. The van der Waals surface area contributed by atoms with Crippen LogP contribution in [0, 0.1) is 0 Å². The van der Waals surface area contributed by atoms with E-state index in [1.807, 2.05) is 33.8 Å². The molecule has 1 aromatic rings. The Morgan fingerprint density at radius 1 is 1.27 bits per heavy atom. The number of likely N-dealkylation sites (N-methyl/N-ethyl adjacent to an activating group) is 1. The molecule has 1 N–H and O–H groups in total. The summed E-state index contributed by atoms with van der Waals surface area (Å²) in [6.45, 7) is 12.8. The fraction of sp³-hybridized carbons (Fsp3) is 0.611. The average Bonchev–Trinajstić information content (AvgIpc) is 2.46. The molecule has 0 aliphatic carbocycles. The van der Waals surface area contributed by atoms with Gasteiger partial charge < -0.3 is 15.0 Å². The highest BCUT2D eigenvalue weighted by Gasteiger charge is 2.20. The van der Waals surface area contributed by atoms with Crippen molar-refractivity contribution in [2.45, 2.75) is 46.1 Å². The van der Waals surface area contributed by atoms with E-state index in [4.69, 9.17) is 4.74 Å². The molecule has 124 valence electrons. The number of ether oxygens (including phenoxy) is 1. The van der Waals surface area contributed by atoms with E-state index in [1.165, 1.54) is 5.56 Å². The summed E-state index contributed by atoms with van der Waals surface area (Å²) in [4.78, 5) is 13.7. The van der Waals surface area contributed by atoms with Crippen LogP contribution in [0.5, 0.6) is 0 Å². The highest BCUT2D eigenvalue weighted by Crippen LogP contribution is 2.13. The summed E-state index contributed by atoms with van der Waals surface area (Å²) in [5.41, 5.74) is 0.884. The topological polar surface area (TPSA) is 41.6 Å². The van der Waals surface area contributed by atoms with Gasteiger partial charge in [0.25, 0.3) is 0 Å². The molecule has 4 heteroatoms. The van der Waals surface area contributed by atoms with E-state index in [0.29, 0.717) is 19.0 Å². The maximum atomic E-state index is 12.0. The lowest BCUT2D eigenvalue weighted by molar-refractivity contribution is 0.0262. The number of carbonyl (C=O) groups excluding carboxylic acids is 1. The fourth-order valence-corrected chi connectivity index (χ4v) is 2.14. The Hall–Kier alpha value is -1.55. The van der Waals surface area contributed by atoms with Crippen molar-refractivity contribution < 1.29 is 9.53 Å². The number of nitrogens with zero attached hydrogens (tertiary/aromatic N) is 1. The van der Waals surface area contributed by atoms with Gasteiger partial charge >= 0.3 is 6.09 Å². The number of carbonyl (C=O) groups is 1. The van der Waals surface area contributed by atoms with Crippen molar-refractivity contribution in [2.24, 2.45) is 0 Å². The van der Waals surface area contributed by atoms with Crippen LogP contribution in [-0.4, -0.2) is 42.8 Å². The van der Waals surface area contributed by atoms with Gasteiger partial charge in [0.05, 0.1) is 0 Å². The van der Waals surface area contributed by atoms with Gasteiger partial charge in [0.1, 0.15) is 5.60 Å². The summed E-state index contributed by atoms with van der Waals surface area (Å²) in [6, 6.07) is 10.4. The maximum absolute atomic E-state index is 12.0. The third-order valence-corrected chi connectivity index (χ3v) is 3.41. The Balaban J connectivity index is 2.31. The third-order valence-electron chi connectivity index (χ3n) is 3.41. The predicted molar refractivity (Wildman–Crippen MR) is 91.2 cm³/mol. The summed E-state index contributed by atoms with van der Waals surface area (Å²) in [5.74, 6) is 0.456. The molecule has 0 fully saturated rings. The van der Waals surface area contributed by atoms with Crippen molar-refractivity contribution in [1.82, 2.24) is 10.2 Å². The van der Waals surface area contributed by atoms with Gasteiger partial charge in [0.15, 0.2) is 0 Å². The number of rotatable bonds is 7. The summed E-state index contributed by atoms with van der Waals surface area (Å²) in [7, 11) is 0. The van der Waals surface area contributed by atoms with Gasteiger partial charge in [0.2, 0.25) is 0 Å². The van der Waals surface area contributed by atoms with Crippen LogP contribution in [0.2, 0.25) is 0 Å². The zero-order valence-electron chi connectivity index (χ0n) is 14.6. The Morgan fingerprint density at radius 3 is 2.45 bits per heavy atom. The zero-order chi connectivity index (χ0) is 16.6. The number of hydrogen-bond donors (Lipinski definition) is 1. The lowest BCUT2D eigenvalue weighted by Crippen LogP contribution is -2.40. The van der Waals surface area contributed by atoms with E-state index in [-0.39, 0.29) is 6.09 Å². The third kappa shape index (κ3) is 6.94. The molecule has 0 bridgehead atoms. The summed E-state index contributed by atoms with van der Waals surface area (Å²) < 4.78 is 5.40. The Kier molecular flexibility index (Phi) is 7.39. The number of amides is 1. The monoisotopic (exact) mass is 306 g/mol. The normalized spacial score (nSPS) is 12.8. The van der Waals surface area contributed by atoms with E-state index >= 15 is 0 Å². The van der Waals surface area contributed by atoms with Crippen LogP contribution in [0.1, 0.15) is 46.1 Å². The van der Waals surface area contributed by atoms with Gasteiger partial charge in [-0.15, -0.1) is 0 Å². The van der Waals surface area contributed by atoms with Gasteiger partial charge in [-0.25, -0.2) is 4.79 Å². The van der Waals surface area contributed by atoms with Gasteiger partial charge in [-0.2, -0.15) is 0 Å². The van der Waals surface area contributed by atoms with Crippen molar-refractivity contribution in [3.63, 3.8) is 0 Å². The van der Waals surface area contributed by atoms with Crippen LogP contribution >= 0.6 is 0 Å². The molecular weight excluding hydrogens is 276 g/mol. The quantitative estimate of drug-likeness (QED) is 0.782. The Labute approximate surface area is 134 Å². The molecule has 1 atom stereocenters. The lowest BCUT2D eigenvalue weighted by atomic mass is 10.0. The Bertz CT molecular complexity index is 440. The molecule has 22 heavy (non-hydrogen) atoms. The standard InChI is InChI=1S/C18H30N2O2/c1-6-20(17(21)22-18(3,4)5)13-12-19-14-15(2)16-10-8-7-9-11-16/h7-11,15,19H,6,12-14H2,1-5H3. The molecule has 0 spiro atoms. The number of nitrogens with one attached hydrogen (secondary N) is 1. The van der Waals surface area contributed by atoms with E-state index in [0.717, 1.165) is 13.1 Å². The molecular formula is C18H30N2O2. The smallest absolute Gasteiger partial charge is 0.410 e. The molecule has 4 nitrogen and oxygen atoms in total. The van der Waals surface area contributed by atoms with Crippen molar-refractivity contribution in [3.8, 4) is 0 Å². The molecule has 0 aromatic heterocycles. The molecule has 1 amide bonds. The maximum Gasteiger partial charge on any atom is 0.410 e. The number of benzene rings is 1. The molecule has 0 aliphatic heterocycles. The van der Waals surface area contributed by atoms with E-state index in [9.17, 15) is 4.79 Å². The van der Waals surface area contributed by atoms with Crippen LogP contribution < -0.4 is 5.32 Å². The van der Waals surface area contributed by atoms with E-state index in [2.05, 4.69) is 36.5 Å². The van der Waals surface area contributed by atoms with Gasteiger partial charge in [-0.1, -0.05) is 37.3 Å². The van der Waals surface area contributed by atoms with Gasteiger partial charge in [0, 0.05) is 26.2 Å². The molecule has 1 rings (SSSR count). The minimum Gasteiger partial charge on any atom is -0.444 e. The molecule has 1 unspecified atom stereocenters. The van der Waals surface area contributed by atoms with Crippen molar-refractivity contribution in [1.29, 1.82) is 0 Å².